The van der Waals surface area contributed by atoms with E-state index in [0.717, 1.165) is 12.1 Å². The van der Waals surface area contributed by atoms with Gasteiger partial charge in [0, 0.05) is 35.8 Å². The monoisotopic (exact) mass is 386 g/mol. The normalized spacial score (nSPS) is 22.3. The molecule has 3 aliphatic rings. The third kappa shape index (κ3) is 2.75. The Morgan fingerprint density at radius 3 is 2.78 bits per heavy atom. The maximum Gasteiger partial charge on any atom is 0.337 e. The second-order valence-electron chi connectivity index (χ2n) is 6.75. The number of fused-ring (bicyclic) bond motifs is 2. The van der Waals surface area contributed by atoms with E-state index in [2.05, 4.69) is 5.32 Å². The fraction of sp³-hybridized carbons (Fsp3) is 0.350. The molecular formula is C20H19ClN2O4. The highest BCUT2D eigenvalue weighted by molar-refractivity contribution is 6.31. The summed E-state index contributed by atoms with van der Waals surface area (Å²) in [5, 5.41) is 3.24. The average Bonchev–Trinajstić information content (AvgIpc) is 2.67. The van der Waals surface area contributed by atoms with E-state index in [4.69, 9.17) is 16.3 Å². The highest BCUT2D eigenvalue weighted by atomic mass is 35.5. The molecule has 0 aromatic heterocycles. The first kappa shape index (κ1) is 17.8. The maximum atomic E-state index is 12.9. The number of nitrogens with one attached hydrogen (secondary N) is 1. The minimum Gasteiger partial charge on any atom is -0.466 e. The standard InChI is InChI=1S/C20H19ClN2O4/c1-27-20(26)17-15(11-5-2-3-6-12(11)21)16-13(7-4-8-14(16)24)23-10-9-22-19(25)18(17)23/h2-3,5-6,15H,4,7-10H2,1H3,(H,22,25). The molecule has 140 valence electrons. The summed E-state index contributed by atoms with van der Waals surface area (Å²) in [5.41, 5.74) is 2.47. The van der Waals surface area contributed by atoms with Gasteiger partial charge < -0.3 is 15.0 Å². The number of ether oxygens (including phenoxy) is 1. The van der Waals surface area contributed by atoms with E-state index in [0.29, 0.717) is 42.1 Å². The number of piperazine rings is 1. The van der Waals surface area contributed by atoms with Crippen molar-refractivity contribution in [2.24, 2.45) is 0 Å². The second kappa shape index (κ2) is 6.85. The van der Waals surface area contributed by atoms with Crippen LogP contribution in [0.25, 0.3) is 0 Å². The Morgan fingerprint density at radius 2 is 2.04 bits per heavy atom. The van der Waals surface area contributed by atoms with Gasteiger partial charge in [-0.15, -0.1) is 0 Å². The van der Waals surface area contributed by atoms with Crippen molar-refractivity contribution in [1.82, 2.24) is 10.2 Å². The molecule has 6 nitrogen and oxygen atoms in total. The number of carbonyl (C=O) groups excluding carboxylic acids is 3. The molecule has 1 aliphatic carbocycles. The second-order valence-corrected chi connectivity index (χ2v) is 7.16. The average molecular weight is 387 g/mol. The van der Waals surface area contributed by atoms with Crippen LogP contribution < -0.4 is 5.32 Å². The number of ketones is 1. The summed E-state index contributed by atoms with van der Waals surface area (Å²) in [6.45, 7) is 0.974. The van der Waals surface area contributed by atoms with E-state index >= 15 is 0 Å². The van der Waals surface area contributed by atoms with Crippen LogP contribution in [0, 0.1) is 0 Å². The molecule has 1 aromatic carbocycles. The number of halogens is 1. The number of esters is 1. The fourth-order valence-electron chi connectivity index (χ4n) is 4.22. The molecular weight excluding hydrogens is 368 g/mol. The molecule has 1 saturated heterocycles. The molecule has 27 heavy (non-hydrogen) atoms. The lowest BCUT2D eigenvalue weighted by Gasteiger charge is -2.43. The predicted octanol–water partition coefficient (Wildman–Crippen LogP) is 2.30. The molecule has 7 heteroatoms. The zero-order valence-electron chi connectivity index (χ0n) is 14.9. The van der Waals surface area contributed by atoms with E-state index in [-0.39, 0.29) is 23.0 Å². The quantitative estimate of drug-likeness (QED) is 0.789. The van der Waals surface area contributed by atoms with Gasteiger partial charge in [-0.1, -0.05) is 29.8 Å². The molecule has 1 amide bonds. The van der Waals surface area contributed by atoms with E-state index < -0.39 is 11.9 Å². The predicted molar refractivity (Wildman–Crippen MR) is 98.8 cm³/mol. The van der Waals surface area contributed by atoms with Crippen molar-refractivity contribution in [3.8, 4) is 0 Å². The van der Waals surface area contributed by atoms with Crippen LogP contribution in [-0.2, 0) is 19.1 Å². The molecule has 1 atom stereocenters. The summed E-state index contributed by atoms with van der Waals surface area (Å²) in [6.07, 6.45) is 1.84. The summed E-state index contributed by atoms with van der Waals surface area (Å²) in [5.74, 6) is -1.66. The Labute approximate surface area is 161 Å². The van der Waals surface area contributed by atoms with Crippen LogP contribution in [0.2, 0.25) is 5.02 Å². The Balaban J connectivity index is 2.04. The van der Waals surface area contributed by atoms with Gasteiger partial charge >= 0.3 is 5.97 Å². The van der Waals surface area contributed by atoms with Crippen molar-refractivity contribution in [2.45, 2.75) is 25.2 Å². The number of hydrogen-bond donors (Lipinski definition) is 1. The van der Waals surface area contributed by atoms with Crippen molar-refractivity contribution in [3.63, 3.8) is 0 Å². The lowest BCUT2D eigenvalue weighted by Crippen LogP contribution is -2.50. The summed E-state index contributed by atoms with van der Waals surface area (Å²) >= 11 is 6.44. The molecule has 1 aromatic rings. The molecule has 0 saturated carbocycles. The van der Waals surface area contributed by atoms with E-state index in [1.54, 1.807) is 18.2 Å². The first-order valence-electron chi connectivity index (χ1n) is 8.93. The zero-order valence-corrected chi connectivity index (χ0v) is 15.6. The maximum absolute atomic E-state index is 12.9. The first-order valence-corrected chi connectivity index (χ1v) is 9.31. The fourth-order valence-corrected chi connectivity index (χ4v) is 4.46. The number of hydrogen-bond acceptors (Lipinski definition) is 5. The SMILES string of the molecule is COC(=O)C1=C2C(=O)NCCN2C2=C(C(=O)CCC2)C1c1ccccc1Cl. The molecule has 0 radical (unpaired) electrons. The summed E-state index contributed by atoms with van der Waals surface area (Å²) in [4.78, 5) is 40.3. The van der Waals surface area contributed by atoms with E-state index in [9.17, 15) is 14.4 Å². The number of benzene rings is 1. The van der Waals surface area contributed by atoms with Gasteiger partial charge in [-0.3, -0.25) is 9.59 Å². The largest absolute Gasteiger partial charge is 0.466 e. The number of nitrogens with zero attached hydrogens (tertiary/aromatic N) is 1. The number of amides is 1. The van der Waals surface area contributed by atoms with Gasteiger partial charge in [-0.2, -0.15) is 0 Å². The molecule has 0 spiro atoms. The van der Waals surface area contributed by atoms with Crippen molar-refractivity contribution < 1.29 is 19.1 Å². The third-order valence-corrected chi connectivity index (χ3v) is 5.66. The van der Waals surface area contributed by atoms with Crippen LogP contribution in [0.1, 0.15) is 30.7 Å². The Bertz CT molecular complexity index is 918. The number of carbonyl (C=O) groups is 3. The number of Topliss-reactive ketones (excluding diaryl/α,β-unsaturated/α-hetero) is 1. The van der Waals surface area contributed by atoms with Crippen molar-refractivity contribution in [3.05, 3.63) is 57.4 Å². The van der Waals surface area contributed by atoms with Crippen LogP contribution in [0.5, 0.6) is 0 Å². The molecule has 1 fully saturated rings. The van der Waals surface area contributed by atoms with Gasteiger partial charge in [0.25, 0.3) is 5.91 Å². The molecule has 2 aliphatic heterocycles. The lowest BCUT2D eigenvalue weighted by atomic mass is 9.74. The van der Waals surface area contributed by atoms with Crippen LogP contribution in [-0.4, -0.2) is 42.8 Å². The van der Waals surface area contributed by atoms with Gasteiger partial charge in [0.15, 0.2) is 5.78 Å². The number of methoxy groups -OCH3 is 1. The lowest BCUT2D eigenvalue weighted by molar-refractivity contribution is -0.137. The summed E-state index contributed by atoms with van der Waals surface area (Å²) in [7, 11) is 1.28. The van der Waals surface area contributed by atoms with Crippen LogP contribution in [0.15, 0.2) is 46.8 Å². The zero-order chi connectivity index (χ0) is 19.1. The van der Waals surface area contributed by atoms with Crippen molar-refractivity contribution in [2.75, 3.05) is 20.2 Å². The molecule has 0 bridgehead atoms. The third-order valence-electron chi connectivity index (χ3n) is 5.31. The molecule has 4 rings (SSSR count). The minimum atomic E-state index is -0.705. The van der Waals surface area contributed by atoms with Crippen LogP contribution in [0.3, 0.4) is 0 Å². The topological polar surface area (TPSA) is 75.7 Å². The summed E-state index contributed by atoms with van der Waals surface area (Å²) in [6, 6.07) is 7.11. The Kier molecular flexibility index (Phi) is 4.52. The summed E-state index contributed by atoms with van der Waals surface area (Å²) < 4.78 is 5.01. The van der Waals surface area contributed by atoms with E-state index in [1.165, 1.54) is 7.11 Å². The van der Waals surface area contributed by atoms with Gasteiger partial charge in [0.1, 0.15) is 5.70 Å². The van der Waals surface area contributed by atoms with Crippen LogP contribution in [0.4, 0.5) is 0 Å². The molecule has 2 heterocycles. The molecule has 1 unspecified atom stereocenters. The Morgan fingerprint density at radius 1 is 1.26 bits per heavy atom. The smallest absolute Gasteiger partial charge is 0.337 e. The van der Waals surface area contributed by atoms with Crippen molar-refractivity contribution in [1.29, 1.82) is 0 Å². The number of rotatable bonds is 2. The van der Waals surface area contributed by atoms with Gasteiger partial charge in [-0.05, 0) is 24.5 Å². The molecule has 1 N–H and O–H groups in total. The van der Waals surface area contributed by atoms with Gasteiger partial charge in [0.05, 0.1) is 18.6 Å². The highest BCUT2D eigenvalue weighted by Gasteiger charge is 2.46. The van der Waals surface area contributed by atoms with Gasteiger partial charge in [0.2, 0.25) is 0 Å². The number of allylic oxidation sites excluding steroid dienone is 2. The minimum absolute atomic E-state index is 0.00685. The van der Waals surface area contributed by atoms with E-state index in [1.807, 2.05) is 11.0 Å². The van der Waals surface area contributed by atoms with Crippen molar-refractivity contribution >= 4 is 29.3 Å². The van der Waals surface area contributed by atoms with Crippen LogP contribution >= 0.6 is 11.6 Å². The highest BCUT2D eigenvalue weighted by Crippen LogP contribution is 2.48. The van der Waals surface area contributed by atoms with Gasteiger partial charge in [-0.25, -0.2) is 4.79 Å². The Hall–Kier alpha value is -2.60. The first-order chi connectivity index (χ1) is 13.0.